The summed E-state index contributed by atoms with van der Waals surface area (Å²) in [5, 5.41) is 11.0. The first kappa shape index (κ1) is 21.7. The summed E-state index contributed by atoms with van der Waals surface area (Å²) in [6, 6.07) is 41.0. The zero-order valence-corrected chi connectivity index (χ0v) is 21.0. The Labute approximate surface area is 216 Å². The van der Waals surface area contributed by atoms with Crippen LogP contribution >= 0.6 is 0 Å². The van der Waals surface area contributed by atoms with Crippen molar-refractivity contribution in [1.29, 1.82) is 0 Å². The van der Waals surface area contributed by atoms with Gasteiger partial charge < -0.3 is 9.73 Å². The van der Waals surface area contributed by atoms with E-state index < -0.39 is 0 Å². The van der Waals surface area contributed by atoms with Crippen molar-refractivity contribution < 1.29 is 4.42 Å². The number of rotatable bonds is 4. The predicted molar refractivity (Wildman–Crippen MR) is 158 cm³/mol. The highest BCUT2D eigenvalue weighted by molar-refractivity contribution is 6.21. The van der Waals surface area contributed by atoms with E-state index in [2.05, 4.69) is 134 Å². The molecule has 1 aromatic heterocycles. The van der Waals surface area contributed by atoms with E-state index in [0.29, 0.717) is 5.92 Å². The minimum Gasteiger partial charge on any atom is -0.454 e. The van der Waals surface area contributed by atoms with Crippen molar-refractivity contribution in [1.82, 2.24) is 0 Å². The van der Waals surface area contributed by atoms with Crippen LogP contribution in [-0.2, 0) is 0 Å². The highest BCUT2D eigenvalue weighted by atomic mass is 16.3. The second-order valence-electron chi connectivity index (χ2n) is 10.1. The molecule has 0 fully saturated rings. The molecule has 2 nitrogen and oxygen atoms in total. The minimum atomic E-state index is 0.366. The fourth-order valence-corrected chi connectivity index (χ4v) is 5.57. The van der Waals surface area contributed by atoms with Gasteiger partial charge in [-0.1, -0.05) is 105 Å². The second kappa shape index (κ2) is 8.53. The monoisotopic (exact) mass is 477 g/mol. The van der Waals surface area contributed by atoms with E-state index in [1.165, 1.54) is 43.6 Å². The van der Waals surface area contributed by atoms with Gasteiger partial charge in [0, 0.05) is 16.5 Å². The molecule has 0 radical (unpaired) electrons. The molecule has 7 rings (SSSR count). The zero-order chi connectivity index (χ0) is 24.9. The fourth-order valence-electron chi connectivity index (χ4n) is 5.57. The third-order valence-electron chi connectivity index (χ3n) is 7.41. The number of anilines is 2. The number of hydrogen-bond donors (Lipinski definition) is 1. The number of benzene rings is 6. The van der Waals surface area contributed by atoms with E-state index in [1.807, 2.05) is 0 Å². The predicted octanol–water partition coefficient (Wildman–Crippen LogP) is 10.4. The Morgan fingerprint density at radius 2 is 1.27 bits per heavy atom. The van der Waals surface area contributed by atoms with Crippen molar-refractivity contribution in [3.05, 3.63) is 121 Å². The zero-order valence-electron chi connectivity index (χ0n) is 21.0. The van der Waals surface area contributed by atoms with E-state index in [1.54, 1.807) is 0 Å². The molecule has 1 heterocycles. The summed E-state index contributed by atoms with van der Waals surface area (Å²) < 4.78 is 6.64. The van der Waals surface area contributed by atoms with Crippen LogP contribution in [0.1, 0.15) is 25.3 Å². The lowest BCUT2D eigenvalue weighted by atomic mass is 9.95. The number of furan rings is 1. The molecule has 0 spiro atoms. The number of hydrogen-bond acceptors (Lipinski definition) is 2. The fraction of sp³-hybridized carbons (Fsp3) is 0.0857. The van der Waals surface area contributed by atoms with Crippen LogP contribution in [0, 0.1) is 0 Å². The first-order valence-corrected chi connectivity index (χ1v) is 12.9. The Bertz CT molecular complexity index is 1920. The van der Waals surface area contributed by atoms with Crippen LogP contribution in [0.4, 0.5) is 11.4 Å². The summed E-state index contributed by atoms with van der Waals surface area (Å²) in [6.45, 7) is 4.46. The third kappa shape index (κ3) is 3.56. The Hall–Kier alpha value is -4.56. The molecule has 0 atom stereocenters. The van der Waals surface area contributed by atoms with Crippen LogP contribution in [0.2, 0.25) is 0 Å². The van der Waals surface area contributed by atoms with Crippen LogP contribution in [0.15, 0.2) is 120 Å². The van der Waals surface area contributed by atoms with Gasteiger partial charge in [-0.2, -0.15) is 0 Å². The maximum atomic E-state index is 6.64. The Kier molecular flexibility index (Phi) is 5.00. The summed E-state index contributed by atoms with van der Waals surface area (Å²) in [4.78, 5) is 0. The normalized spacial score (nSPS) is 11.8. The van der Waals surface area contributed by atoms with Gasteiger partial charge in [-0.05, 0) is 68.4 Å². The molecule has 0 bridgehead atoms. The molecule has 0 saturated carbocycles. The van der Waals surface area contributed by atoms with Crippen molar-refractivity contribution in [2.24, 2.45) is 0 Å². The molecule has 0 aliphatic rings. The van der Waals surface area contributed by atoms with Crippen LogP contribution in [0.3, 0.4) is 0 Å². The summed E-state index contributed by atoms with van der Waals surface area (Å²) in [6.07, 6.45) is 0. The summed E-state index contributed by atoms with van der Waals surface area (Å²) in [5.74, 6) is 0.366. The van der Waals surface area contributed by atoms with Gasteiger partial charge in [0.15, 0.2) is 5.58 Å². The molecule has 0 amide bonds. The highest BCUT2D eigenvalue weighted by Crippen LogP contribution is 2.42. The smallest absolute Gasteiger partial charge is 0.158 e. The molecule has 2 heteroatoms. The van der Waals surface area contributed by atoms with Crippen molar-refractivity contribution in [2.75, 3.05) is 5.32 Å². The molecule has 7 aromatic rings. The largest absolute Gasteiger partial charge is 0.454 e. The minimum absolute atomic E-state index is 0.366. The summed E-state index contributed by atoms with van der Waals surface area (Å²) in [7, 11) is 0. The quantitative estimate of drug-likeness (QED) is 0.273. The molecule has 0 saturated heterocycles. The molecular weight excluding hydrogens is 450 g/mol. The highest BCUT2D eigenvalue weighted by Gasteiger charge is 2.18. The van der Waals surface area contributed by atoms with E-state index in [-0.39, 0.29) is 0 Å². The van der Waals surface area contributed by atoms with Gasteiger partial charge in [0.2, 0.25) is 0 Å². The van der Waals surface area contributed by atoms with Gasteiger partial charge in [-0.25, -0.2) is 0 Å². The first-order chi connectivity index (χ1) is 18.2. The van der Waals surface area contributed by atoms with Crippen LogP contribution in [0.25, 0.3) is 54.6 Å². The molecule has 37 heavy (non-hydrogen) atoms. The molecule has 1 N–H and O–H groups in total. The molecule has 6 aromatic carbocycles. The van der Waals surface area contributed by atoms with Gasteiger partial charge in [0.25, 0.3) is 0 Å². The van der Waals surface area contributed by atoms with Crippen molar-refractivity contribution in [3.8, 4) is 11.1 Å². The van der Waals surface area contributed by atoms with Crippen molar-refractivity contribution in [2.45, 2.75) is 19.8 Å². The van der Waals surface area contributed by atoms with Gasteiger partial charge >= 0.3 is 0 Å². The summed E-state index contributed by atoms with van der Waals surface area (Å²) in [5.41, 5.74) is 7.60. The standard InChI is InChI=1S/C35H27NO/c1-22(2)31-21-25-10-4-6-13-29(25)33-30-15-8-16-32(34(30)37-35(31)33)36-26-19-17-24(18-20-26)28-14-7-11-23-9-3-5-12-27(23)28/h3-22,36H,1-2H3. The average molecular weight is 478 g/mol. The first-order valence-electron chi connectivity index (χ1n) is 12.9. The number of para-hydroxylation sites is 1. The van der Waals surface area contributed by atoms with Crippen molar-refractivity contribution >= 4 is 54.9 Å². The molecule has 0 aliphatic heterocycles. The van der Waals surface area contributed by atoms with Crippen molar-refractivity contribution in [3.63, 3.8) is 0 Å². The van der Waals surface area contributed by atoms with E-state index in [0.717, 1.165) is 27.9 Å². The topological polar surface area (TPSA) is 25.2 Å². The average Bonchev–Trinajstić information content (AvgIpc) is 3.34. The Balaban J connectivity index is 1.32. The van der Waals surface area contributed by atoms with Gasteiger partial charge in [-0.15, -0.1) is 0 Å². The molecule has 0 aliphatic carbocycles. The molecular formula is C35H27NO. The van der Waals surface area contributed by atoms with E-state index in [9.17, 15) is 0 Å². The number of nitrogens with one attached hydrogen (secondary N) is 1. The van der Waals surface area contributed by atoms with Crippen LogP contribution in [-0.4, -0.2) is 0 Å². The van der Waals surface area contributed by atoms with Crippen LogP contribution in [0.5, 0.6) is 0 Å². The maximum Gasteiger partial charge on any atom is 0.158 e. The van der Waals surface area contributed by atoms with Gasteiger partial charge in [-0.3, -0.25) is 0 Å². The van der Waals surface area contributed by atoms with Gasteiger partial charge in [0.05, 0.1) is 5.69 Å². The molecule has 0 unspecified atom stereocenters. The number of fused-ring (bicyclic) bond motifs is 6. The molecule has 178 valence electrons. The SMILES string of the molecule is CC(C)c1cc2ccccc2c2c1oc1c(Nc3ccc(-c4cccc5ccccc45)cc3)cccc12. The second-order valence-corrected chi connectivity index (χ2v) is 10.1. The lowest BCUT2D eigenvalue weighted by Crippen LogP contribution is -1.90. The van der Waals surface area contributed by atoms with E-state index in [4.69, 9.17) is 4.42 Å². The summed E-state index contributed by atoms with van der Waals surface area (Å²) >= 11 is 0. The lowest BCUT2D eigenvalue weighted by Gasteiger charge is -2.10. The maximum absolute atomic E-state index is 6.64. The Morgan fingerprint density at radius 1 is 0.595 bits per heavy atom. The van der Waals surface area contributed by atoms with E-state index >= 15 is 0 Å². The van der Waals surface area contributed by atoms with Crippen LogP contribution < -0.4 is 5.32 Å². The lowest BCUT2D eigenvalue weighted by molar-refractivity contribution is 0.658. The van der Waals surface area contributed by atoms with Gasteiger partial charge in [0.1, 0.15) is 5.58 Å². The third-order valence-corrected chi connectivity index (χ3v) is 7.41. The Morgan fingerprint density at radius 3 is 2.08 bits per heavy atom.